The Morgan fingerprint density at radius 2 is 2.11 bits per heavy atom. The molecule has 0 bridgehead atoms. The van der Waals surface area contributed by atoms with Crippen molar-refractivity contribution in [2.75, 3.05) is 5.75 Å². The molecule has 2 rings (SSSR count). The third kappa shape index (κ3) is 3.20. The molecule has 1 aromatic carbocycles. The summed E-state index contributed by atoms with van der Waals surface area (Å²) in [5.41, 5.74) is 0.875. The third-order valence-electron chi connectivity index (χ3n) is 2.75. The molecule has 1 aliphatic heterocycles. The monoisotopic (exact) mass is 266 g/mol. The van der Waals surface area contributed by atoms with Crippen molar-refractivity contribution in [2.45, 2.75) is 13.3 Å². The zero-order valence-corrected chi connectivity index (χ0v) is 10.8. The fourth-order valence-electron chi connectivity index (χ4n) is 1.82. The van der Waals surface area contributed by atoms with Crippen LogP contribution < -0.4 is 4.74 Å². The molecular weight excluding hydrogens is 252 g/mol. The molecular formula is C13H14O4S. The molecule has 0 spiro atoms. The second-order valence-corrected chi connectivity index (χ2v) is 6.29. The molecule has 1 unspecified atom stereocenters. The minimum absolute atomic E-state index is 0.00410. The Hall–Kier alpha value is -1.62. The normalized spacial score (nSPS) is 20.8. The second kappa shape index (κ2) is 4.94. The molecule has 18 heavy (non-hydrogen) atoms. The number of ether oxygens (including phenoxy) is 1. The van der Waals surface area contributed by atoms with Crippen LogP contribution in [0.2, 0.25) is 0 Å². The highest BCUT2D eigenvalue weighted by molar-refractivity contribution is 7.94. The summed E-state index contributed by atoms with van der Waals surface area (Å²) in [6.45, 7) is 1.85. The maximum atomic E-state index is 11.7. The number of carbonyl (C=O) groups is 1. The predicted octanol–water partition coefficient (Wildman–Crippen LogP) is 1.85. The number of aryl methyl sites for hydroxylation is 1. The average molecular weight is 266 g/mol. The fraction of sp³-hybridized carbons (Fsp3) is 0.308. The number of sulfone groups is 1. The van der Waals surface area contributed by atoms with Gasteiger partial charge in [0.25, 0.3) is 0 Å². The summed E-state index contributed by atoms with van der Waals surface area (Å²) < 4.78 is 27.6. The molecule has 0 aromatic heterocycles. The van der Waals surface area contributed by atoms with Gasteiger partial charge in [-0.05, 0) is 18.6 Å². The number of hydrogen-bond donors (Lipinski definition) is 0. The van der Waals surface area contributed by atoms with Gasteiger partial charge in [0.15, 0.2) is 9.84 Å². The van der Waals surface area contributed by atoms with Crippen LogP contribution in [0, 0.1) is 12.8 Å². The van der Waals surface area contributed by atoms with Crippen molar-refractivity contribution in [3.8, 4) is 5.75 Å². The molecule has 96 valence electrons. The lowest BCUT2D eigenvalue weighted by molar-refractivity contribution is -0.135. The van der Waals surface area contributed by atoms with E-state index in [2.05, 4.69) is 0 Å². The lowest BCUT2D eigenvalue weighted by Crippen LogP contribution is -2.15. The van der Waals surface area contributed by atoms with Crippen LogP contribution in [0.25, 0.3) is 0 Å². The quantitative estimate of drug-likeness (QED) is 0.619. The zero-order valence-electron chi connectivity index (χ0n) is 10.00. The van der Waals surface area contributed by atoms with Gasteiger partial charge < -0.3 is 4.74 Å². The van der Waals surface area contributed by atoms with Crippen molar-refractivity contribution in [3.63, 3.8) is 0 Å². The van der Waals surface area contributed by atoms with E-state index in [1.165, 1.54) is 5.41 Å². The first kappa shape index (κ1) is 12.8. The van der Waals surface area contributed by atoms with Gasteiger partial charge in [-0.25, -0.2) is 8.42 Å². The van der Waals surface area contributed by atoms with E-state index in [-0.39, 0.29) is 18.1 Å². The topological polar surface area (TPSA) is 60.4 Å². The Kier molecular flexibility index (Phi) is 3.52. The van der Waals surface area contributed by atoms with Crippen molar-refractivity contribution < 1.29 is 17.9 Å². The largest absolute Gasteiger partial charge is 0.426 e. The van der Waals surface area contributed by atoms with E-state index in [9.17, 15) is 13.2 Å². The van der Waals surface area contributed by atoms with Gasteiger partial charge in [-0.2, -0.15) is 0 Å². The Morgan fingerprint density at radius 1 is 1.39 bits per heavy atom. The molecule has 1 heterocycles. The number of esters is 1. The highest BCUT2D eigenvalue weighted by atomic mass is 32.2. The molecule has 0 saturated carbocycles. The van der Waals surface area contributed by atoms with Crippen LogP contribution in [0.5, 0.6) is 5.75 Å². The maximum absolute atomic E-state index is 11.7. The minimum Gasteiger partial charge on any atom is -0.426 e. The number of benzene rings is 1. The summed E-state index contributed by atoms with van der Waals surface area (Å²) in [5, 5.41) is 1.17. The van der Waals surface area contributed by atoms with E-state index in [1.807, 2.05) is 19.1 Å². The van der Waals surface area contributed by atoms with E-state index in [0.717, 1.165) is 5.56 Å². The van der Waals surface area contributed by atoms with Crippen molar-refractivity contribution in [1.82, 2.24) is 0 Å². The SMILES string of the molecule is Cc1ccccc1OC(=O)CC1C=CS(=O)(=O)C1. The van der Waals surface area contributed by atoms with Gasteiger partial charge in [-0.15, -0.1) is 0 Å². The predicted molar refractivity (Wildman–Crippen MR) is 67.8 cm³/mol. The molecule has 0 fully saturated rings. The summed E-state index contributed by atoms with van der Waals surface area (Å²) in [6.07, 6.45) is 1.64. The Labute approximate surface area is 106 Å². The van der Waals surface area contributed by atoms with Crippen LogP contribution in [-0.2, 0) is 14.6 Å². The zero-order chi connectivity index (χ0) is 13.2. The van der Waals surface area contributed by atoms with Gasteiger partial charge in [-0.3, -0.25) is 4.79 Å². The van der Waals surface area contributed by atoms with Gasteiger partial charge in [0.2, 0.25) is 0 Å². The summed E-state index contributed by atoms with van der Waals surface area (Å²) in [4.78, 5) is 11.7. The molecule has 1 atom stereocenters. The van der Waals surface area contributed by atoms with Crippen LogP contribution in [0.3, 0.4) is 0 Å². The summed E-state index contributed by atoms with van der Waals surface area (Å²) in [6, 6.07) is 7.21. The summed E-state index contributed by atoms with van der Waals surface area (Å²) >= 11 is 0. The van der Waals surface area contributed by atoms with Gasteiger partial charge in [0, 0.05) is 11.3 Å². The standard InChI is InChI=1S/C13H14O4S/c1-10-4-2-3-5-12(10)17-13(14)8-11-6-7-18(15,16)9-11/h2-7,11H,8-9H2,1H3. The van der Waals surface area contributed by atoms with Crippen molar-refractivity contribution in [3.05, 3.63) is 41.3 Å². The van der Waals surface area contributed by atoms with Gasteiger partial charge >= 0.3 is 5.97 Å². The highest BCUT2D eigenvalue weighted by Gasteiger charge is 2.24. The van der Waals surface area contributed by atoms with E-state index in [4.69, 9.17) is 4.74 Å². The van der Waals surface area contributed by atoms with Gasteiger partial charge in [0.05, 0.1) is 12.2 Å². The highest BCUT2D eigenvalue weighted by Crippen LogP contribution is 2.21. The molecule has 0 N–H and O–H groups in total. The van der Waals surface area contributed by atoms with Gasteiger partial charge in [0.1, 0.15) is 5.75 Å². The van der Waals surface area contributed by atoms with E-state index in [0.29, 0.717) is 5.75 Å². The van der Waals surface area contributed by atoms with E-state index < -0.39 is 15.8 Å². The first-order valence-corrected chi connectivity index (χ1v) is 7.35. The van der Waals surface area contributed by atoms with Crippen molar-refractivity contribution >= 4 is 15.8 Å². The number of allylic oxidation sites excluding steroid dienone is 1. The fourth-order valence-corrected chi connectivity index (χ4v) is 3.22. The van der Waals surface area contributed by atoms with E-state index in [1.54, 1.807) is 18.2 Å². The van der Waals surface area contributed by atoms with Crippen LogP contribution in [0.1, 0.15) is 12.0 Å². The third-order valence-corrected chi connectivity index (χ3v) is 4.22. The molecule has 5 heteroatoms. The van der Waals surface area contributed by atoms with E-state index >= 15 is 0 Å². The van der Waals surface area contributed by atoms with Crippen molar-refractivity contribution in [2.24, 2.45) is 5.92 Å². The van der Waals surface area contributed by atoms with Crippen LogP contribution in [0.15, 0.2) is 35.7 Å². The maximum Gasteiger partial charge on any atom is 0.311 e. The second-order valence-electron chi connectivity index (χ2n) is 4.36. The van der Waals surface area contributed by atoms with Crippen LogP contribution >= 0.6 is 0 Å². The smallest absolute Gasteiger partial charge is 0.311 e. The number of hydrogen-bond acceptors (Lipinski definition) is 4. The molecule has 0 amide bonds. The molecule has 1 aromatic rings. The molecule has 1 aliphatic rings. The Morgan fingerprint density at radius 3 is 2.72 bits per heavy atom. The minimum atomic E-state index is -3.11. The molecule has 0 radical (unpaired) electrons. The first-order chi connectivity index (χ1) is 8.46. The lowest BCUT2D eigenvalue weighted by atomic mass is 10.1. The Balaban J connectivity index is 1.95. The first-order valence-electron chi connectivity index (χ1n) is 5.63. The van der Waals surface area contributed by atoms with Gasteiger partial charge in [-0.1, -0.05) is 24.3 Å². The molecule has 0 saturated heterocycles. The molecule has 4 nitrogen and oxygen atoms in total. The lowest BCUT2D eigenvalue weighted by Gasteiger charge is -2.09. The summed E-state index contributed by atoms with van der Waals surface area (Å²) in [7, 11) is -3.11. The van der Waals surface area contributed by atoms with Crippen molar-refractivity contribution in [1.29, 1.82) is 0 Å². The number of carbonyl (C=O) groups excluding carboxylic acids is 1. The molecule has 0 aliphatic carbocycles. The van der Waals surface area contributed by atoms with Crippen LogP contribution in [0.4, 0.5) is 0 Å². The Bertz CT molecular complexity index is 587. The number of para-hydroxylation sites is 1. The van der Waals surface area contributed by atoms with Crippen LogP contribution in [-0.4, -0.2) is 20.1 Å². The number of rotatable bonds is 3. The average Bonchev–Trinajstić information content (AvgIpc) is 2.61. The summed E-state index contributed by atoms with van der Waals surface area (Å²) in [5.74, 6) is -0.162.